The summed E-state index contributed by atoms with van der Waals surface area (Å²) in [5, 5.41) is 22.5. The maximum Gasteiger partial charge on any atom is 0.146 e. The summed E-state index contributed by atoms with van der Waals surface area (Å²) < 4.78 is 2.01. The van der Waals surface area contributed by atoms with Crippen molar-refractivity contribution in [1.82, 2.24) is 35.5 Å². The fraction of sp³-hybridized carbons (Fsp3) is 0.286. The second-order valence-electron chi connectivity index (χ2n) is 4.62. The van der Waals surface area contributed by atoms with Crippen LogP contribution in [0.2, 0.25) is 0 Å². The number of aromatic nitrogens is 6. The average molecular weight is 283 g/mol. The highest BCUT2D eigenvalue weighted by molar-refractivity contribution is 5.60. The average Bonchev–Trinajstić information content (AvgIpc) is 3.17. The van der Waals surface area contributed by atoms with Crippen LogP contribution in [0, 0.1) is 0 Å². The van der Waals surface area contributed by atoms with Crippen LogP contribution in [0.15, 0.2) is 36.7 Å². The van der Waals surface area contributed by atoms with Gasteiger partial charge in [0, 0.05) is 18.7 Å². The summed E-state index contributed by atoms with van der Waals surface area (Å²) in [6, 6.07) is 10.0. The van der Waals surface area contributed by atoms with Crippen molar-refractivity contribution in [3.63, 3.8) is 0 Å². The second kappa shape index (κ2) is 6.27. The third kappa shape index (κ3) is 2.97. The van der Waals surface area contributed by atoms with Crippen LogP contribution in [-0.2, 0) is 19.6 Å². The van der Waals surface area contributed by atoms with Crippen LogP contribution in [0.1, 0.15) is 18.4 Å². The van der Waals surface area contributed by atoms with Gasteiger partial charge in [-0.2, -0.15) is 15.4 Å². The zero-order chi connectivity index (χ0) is 14.5. The number of hydrogen-bond acceptors (Lipinski definition) is 5. The number of nitrogens with zero attached hydrogens (tertiary/aromatic N) is 5. The van der Waals surface area contributed by atoms with Crippen molar-refractivity contribution in [2.24, 2.45) is 0 Å². The quantitative estimate of drug-likeness (QED) is 0.714. The molecule has 0 unspecified atom stereocenters. The second-order valence-corrected chi connectivity index (χ2v) is 4.62. The van der Waals surface area contributed by atoms with Gasteiger partial charge < -0.3 is 9.88 Å². The Kier molecular flexibility index (Phi) is 4.02. The summed E-state index contributed by atoms with van der Waals surface area (Å²) >= 11 is 0. The van der Waals surface area contributed by atoms with Gasteiger partial charge in [-0.1, -0.05) is 30.3 Å². The van der Waals surface area contributed by atoms with Crippen molar-refractivity contribution in [2.75, 3.05) is 0 Å². The van der Waals surface area contributed by atoms with E-state index in [1.807, 2.05) is 34.9 Å². The van der Waals surface area contributed by atoms with E-state index in [1.54, 1.807) is 6.33 Å². The molecule has 0 aliphatic heterocycles. The molecule has 108 valence electrons. The number of nitrogens with one attached hydrogen (secondary N) is 2. The number of aryl methyl sites for hydroxylation is 1. The molecule has 0 radical (unpaired) electrons. The first kappa shape index (κ1) is 13.4. The van der Waals surface area contributed by atoms with E-state index in [4.69, 9.17) is 0 Å². The smallest absolute Gasteiger partial charge is 0.146 e. The van der Waals surface area contributed by atoms with Crippen molar-refractivity contribution < 1.29 is 0 Å². The molecule has 2 N–H and O–H groups in total. The van der Waals surface area contributed by atoms with E-state index in [2.05, 4.69) is 37.8 Å². The summed E-state index contributed by atoms with van der Waals surface area (Å²) in [7, 11) is 0. The van der Waals surface area contributed by atoms with Gasteiger partial charge in [-0.25, -0.2) is 0 Å². The zero-order valence-electron chi connectivity index (χ0n) is 11.8. The fourth-order valence-electron chi connectivity index (χ4n) is 2.18. The van der Waals surface area contributed by atoms with E-state index < -0.39 is 0 Å². The summed E-state index contributed by atoms with van der Waals surface area (Å²) in [6.45, 7) is 4.20. The molecule has 21 heavy (non-hydrogen) atoms. The Morgan fingerprint density at radius 1 is 1.14 bits per heavy atom. The van der Waals surface area contributed by atoms with E-state index in [1.165, 1.54) is 0 Å². The molecule has 0 atom stereocenters. The van der Waals surface area contributed by atoms with E-state index >= 15 is 0 Å². The molecule has 3 aromatic rings. The Labute approximate surface area is 122 Å². The molecule has 2 aromatic heterocycles. The predicted octanol–water partition coefficient (Wildman–Crippen LogP) is 1.37. The van der Waals surface area contributed by atoms with E-state index in [9.17, 15) is 0 Å². The maximum atomic E-state index is 4.23. The summed E-state index contributed by atoms with van der Waals surface area (Å²) in [6.07, 6.45) is 1.74. The molecule has 0 aliphatic rings. The van der Waals surface area contributed by atoms with E-state index in [-0.39, 0.29) is 0 Å². The zero-order valence-corrected chi connectivity index (χ0v) is 11.8. The summed E-state index contributed by atoms with van der Waals surface area (Å²) in [4.78, 5) is 0. The van der Waals surface area contributed by atoms with E-state index in [0.29, 0.717) is 13.1 Å². The predicted molar refractivity (Wildman–Crippen MR) is 78.1 cm³/mol. The topological polar surface area (TPSA) is 84.3 Å². The molecule has 0 aliphatic carbocycles. The Morgan fingerprint density at radius 3 is 2.81 bits per heavy atom. The Hall–Kier alpha value is -2.54. The highest BCUT2D eigenvalue weighted by Gasteiger charge is 2.10. The number of benzene rings is 1. The molecular weight excluding hydrogens is 266 g/mol. The lowest BCUT2D eigenvalue weighted by molar-refractivity contribution is 0.606. The molecule has 0 spiro atoms. The monoisotopic (exact) mass is 283 g/mol. The van der Waals surface area contributed by atoms with Crippen LogP contribution >= 0.6 is 0 Å². The first-order valence-electron chi connectivity index (χ1n) is 6.91. The minimum atomic E-state index is 0.622. The first-order chi connectivity index (χ1) is 10.4. The van der Waals surface area contributed by atoms with Crippen LogP contribution in [0.3, 0.4) is 0 Å². The first-order valence-corrected chi connectivity index (χ1v) is 6.91. The molecule has 0 saturated carbocycles. The lowest BCUT2D eigenvalue weighted by atomic mass is 10.1. The molecule has 1 aromatic carbocycles. The van der Waals surface area contributed by atoms with Crippen molar-refractivity contribution in [3.05, 3.63) is 48.2 Å². The summed E-state index contributed by atoms with van der Waals surface area (Å²) in [5.41, 5.74) is 2.82. The van der Waals surface area contributed by atoms with Gasteiger partial charge in [0.05, 0.1) is 6.54 Å². The van der Waals surface area contributed by atoms with Crippen molar-refractivity contribution in [1.29, 1.82) is 0 Å². The molecule has 3 rings (SSSR count). The van der Waals surface area contributed by atoms with Crippen LogP contribution in [0.4, 0.5) is 0 Å². The number of hydrogen-bond donors (Lipinski definition) is 2. The van der Waals surface area contributed by atoms with Gasteiger partial charge in [-0.15, -0.1) is 10.2 Å². The molecule has 0 amide bonds. The van der Waals surface area contributed by atoms with Gasteiger partial charge in [0.25, 0.3) is 0 Å². The minimum Gasteiger partial charge on any atom is -0.317 e. The van der Waals surface area contributed by atoms with Crippen LogP contribution < -0.4 is 5.32 Å². The number of rotatable bonds is 6. The van der Waals surface area contributed by atoms with Crippen LogP contribution in [0.25, 0.3) is 11.3 Å². The van der Waals surface area contributed by atoms with Gasteiger partial charge in [0.15, 0.2) is 0 Å². The third-order valence-corrected chi connectivity index (χ3v) is 3.28. The lowest BCUT2D eigenvalue weighted by Gasteiger charge is -2.05. The van der Waals surface area contributed by atoms with Gasteiger partial charge in [0.1, 0.15) is 23.5 Å². The Balaban J connectivity index is 1.66. The molecule has 0 bridgehead atoms. The van der Waals surface area contributed by atoms with Crippen molar-refractivity contribution in [3.8, 4) is 11.3 Å². The number of H-pyrrole nitrogens is 1. The van der Waals surface area contributed by atoms with Gasteiger partial charge in [-0.3, -0.25) is 0 Å². The maximum absolute atomic E-state index is 4.23. The molecule has 0 saturated heterocycles. The molecular formula is C14H17N7. The minimum absolute atomic E-state index is 0.622. The van der Waals surface area contributed by atoms with E-state index in [0.717, 1.165) is 29.3 Å². The van der Waals surface area contributed by atoms with Gasteiger partial charge in [0.2, 0.25) is 0 Å². The van der Waals surface area contributed by atoms with Crippen molar-refractivity contribution in [2.45, 2.75) is 26.6 Å². The molecule has 2 heterocycles. The van der Waals surface area contributed by atoms with Crippen molar-refractivity contribution >= 4 is 0 Å². The largest absolute Gasteiger partial charge is 0.317 e. The van der Waals surface area contributed by atoms with Crippen LogP contribution in [0.5, 0.6) is 0 Å². The third-order valence-electron chi connectivity index (χ3n) is 3.28. The lowest BCUT2D eigenvalue weighted by Crippen LogP contribution is -2.17. The summed E-state index contributed by atoms with van der Waals surface area (Å²) in [5.74, 6) is 0.919. The molecule has 7 heteroatoms. The standard InChI is InChI=1S/C14H17N7/c1-2-21-10-16-18-13(21)9-15-8-12-14(19-20-17-12)11-6-4-3-5-7-11/h3-7,10,15H,2,8-9H2,1H3,(H,17,19,20). The molecule has 7 nitrogen and oxygen atoms in total. The number of aromatic amines is 1. The Morgan fingerprint density at radius 2 is 2.00 bits per heavy atom. The highest BCUT2D eigenvalue weighted by Crippen LogP contribution is 2.18. The van der Waals surface area contributed by atoms with Gasteiger partial charge >= 0.3 is 0 Å². The van der Waals surface area contributed by atoms with Crippen LogP contribution in [-0.4, -0.2) is 30.2 Å². The molecule has 0 fully saturated rings. The van der Waals surface area contributed by atoms with Gasteiger partial charge in [-0.05, 0) is 6.92 Å². The normalized spacial score (nSPS) is 10.9. The fourth-order valence-corrected chi connectivity index (χ4v) is 2.18. The SMILES string of the molecule is CCn1cnnc1CNCc1n[nH]nc1-c1ccccc1. The Bertz CT molecular complexity index is 686. The highest BCUT2D eigenvalue weighted by atomic mass is 15.3.